The molecule has 180 valence electrons. The van der Waals surface area contributed by atoms with E-state index >= 15 is 0 Å². The van der Waals surface area contributed by atoms with Gasteiger partial charge in [-0.1, -0.05) is 30.3 Å². The normalized spacial score (nSPS) is 18.6. The van der Waals surface area contributed by atoms with Crippen LogP contribution in [-0.4, -0.2) is 31.8 Å². The van der Waals surface area contributed by atoms with Crippen molar-refractivity contribution < 1.29 is 5.11 Å². The second kappa shape index (κ2) is 9.55. The third-order valence-corrected chi connectivity index (χ3v) is 6.89. The first kappa shape index (κ1) is 22.4. The molecule has 6 nitrogen and oxygen atoms in total. The minimum absolute atomic E-state index is 0.182. The van der Waals surface area contributed by atoms with Crippen molar-refractivity contribution in [2.45, 2.75) is 44.8 Å². The fourth-order valence-electron chi connectivity index (χ4n) is 4.99. The monoisotopic (exact) mass is 475 g/mol. The van der Waals surface area contributed by atoms with E-state index in [0.29, 0.717) is 0 Å². The Morgan fingerprint density at radius 1 is 0.917 bits per heavy atom. The number of hydrogen-bond acceptors (Lipinski definition) is 5. The number of fused-ring (bicyclic) bond motifs is 2. The van der Waals surface area contributed by atoms with Crippen molar-refractivity contribution in [1.29, 1.82) is 0 Å². The van der Waals surface area contributed by atoms with Crippen LogP contribution in [0.5, 0.6) is 0 Å². The molecule has 2 aliphatic carbocycles. The van der Waals surface area contributed by atoms with Gasteiger partial charge in [0.2, 0.25) is 0 Å². The quantitative estimate of drug-likeness (QED) is 0.323. The van der Waals surface area contributed by atoms with E-state index in [-0.39, 0.29) is 12.1 Å². The first-order valence-electron chi connectivity index (χ1n) is 12.6. The van der Waals surface area contributed by atoms with Crippen LogP contribution in [0.15, 0.2) is 90.1 Å². The summed E-state index contributed by atoms with van der Waals surface area (Å²) in [5.74, 6) is 0. The molecule has 1 saturated carbocycles. The lowest BCUT2D eigenvalue weighted by Crippen LogP contribution is -2.24. The van der Waals surface area contributed by atoms with Crippen LogP contribution in [0.2, 0.25) is 0 Å². The number of aliphatic hydroxyl groups excluding tert-OH is 1. The summed E-state index contributed by atoms with van der Waals surface area (Å²) in [5, 5.41) is 14.4. The zero-order valence-corrected chi connectivity index (χ0v) is 20.3. The Hall–Kier alpha value is -4.03. The zero-order valence-electron chi connectivity index (χ0n) is 20.3. The lowest BCUT2D eigenvalue weighted by atomic mass is 9.93. The highest BCUT2D eigenvalue weighted by atomic mass is 16.3. The summed E-state index contributed by atoms with van der Waals surface area (Å²) >= 11 is 0. The predicted octanol–water partition coefficient (Wildman–Crippen LogP) is 5.78. The highest BCUT2D eigenvalue weighted by Crippen LogP contribution is 2.30. The molecule has 6 rings (SSSR count). The molecule has 0 radical (unpaired) electrons. The van der Waals surface area contributed by atoms with Crippen LogP contribution in [0, 0.1) is 6.92 Å². The number of aliphatic hydroxyl groups is 1. The second-order valence-corrected chi connectivity index (χ2v) is 9.53. The van der Waals surface area contributed by atoms with Crippen LogP contribution in [0.3, 0.4) is 0 Å². The van der Waals surface area contributed by atoms with Gasteiger partial charge in [0, 0.05) is 11.4 Å². The van der Waals surface area contributed by atoms with E-state index in [1.165, 1.54) is 0 Å². The third-order valence-electron chi connectivity index (χ3n) is 6.89. The minimum Gasteiger partial charge on any atom is -0.393 e. The second-order valence-electron chi connectivity index (χ2n) is 9.53. The molecule has 0 unspecified atom stereocenters. The Balaban J connectivity index is 1.59. The van der Waals surface area contributed by atoms with E-state index in [1.807, 2.05) is 43.5 Å². The van der Waals surface area contributed by atoms with Gasteiger partial charge in [0.15, 0.2) is 0 Å². The van der Waals surface area contributed by atoms with Gasteiger partial charge in [0.25, 0.3) is 0 Å². The summed E-state index contributed by atoms with van der Waals surface area (Å²) in [6.07, 6.45) is 5.00. The van der Waals surface area contributed by atoms with E-state index in [2.05, 4.69) is 63.4 Å². The maximum Gasteiger partial charge on any atom is 0.0900 e. The summed E-state index contributed by atoms with van der Waals surface area (Å²) < 4.78 is 2.26. The standard InChI is InChI=1S/C30H29N5O/c1-20-11-12-22(19-31-20)33-26-17-28-30(18-27(26)32-21-13-15-24(36)16-14-21)35(23-7-3-2-4-8-23)29-10-6-5-9-25(29)34-28/h2-12,17-19,21,24,33,36H,13-16H2,1H3/b32-27+. The summed E-state index contributed by atoms with van der Waals surface area (Å²) in [5.41, 5.74) is 7.74. The molecule has 0 spiro atoms. The predicted molar refractivity (Wildman–Crippen MR) is 144 cm³/mol. The van der Waals surface area contributed by atoms with Gasteiger partial charge in [0.1, 0.15) is 0 Å². The fourth-order valence-corrected chi connectivity index (χ4v) is 4.99. The van der Waals surface area contributed by atoms with Gasteiger partial charge >= 0.3 is 0 Å². The van der Waals surface area contributed by atoms with Crippen molar-refractivity contribution in [3.8, 4) is 17.1 Å². The Labute approximate surface area is 210 Å². The summed E-state index contributed by atoms with van der Waals surface area (Å²) in [6.45, 7) is 1.98. The van der Waals surface area contributed by atoms with E-state index in [9.17, 15) is 5.11 Å². The van der Waals surface area contributed by atoms with Crippen molar-refractivity contribution in [2.24, 2.45) is 4.99 Å². The molecule has 0 atom stereocenters. The van der Waals surface area contributed by atoms with Crippen LogP contribution >= 0.6 is 0 Å². The SMILES string of the molecule is Cc1ccc(Nc2cc3nc4ccccc4n(-c4ccccc4)c-3c/c2=N\C2CCC(O)CC2)cn1. The molecular formula is C30H29N5O. The number of anilines is 2. The molecule has 1 aliphatic heterocycles. The van der Waals surface area contributed by atoms with Crippen LogP contribution in [0.1, 0.15) is 31.4 Å². The molecular weight excluding hydrogens is 446 g/mol. The molecule has 6 heteroatoms. The molecule has 1 aromatic heterocycles. The number of benzene rings is 3. The molecule has 0 amide bonds. The molecule has 3 aliphatic rings. The van der Waals surface area contributed by atoms with E-state index < -0.39 is 0 Å². The summed E-state index contributed by atoms with van der Waals surface area (Å²) in [6, 6.07) is 27.1. The number of hydrogen-bond donors (Lipinski definition) is 2. The fraction of sp³-hybridized carbons (Fsp3) is 0.233. The third kappa shape index (κ3) is 4.48. The number of para-hydroxylation sites is 3. The highest BCUT2D eigenvalue weighted by molar-refractivity contribution is 5.84. The topological polar surface area (TPSA) is 75.3 Å². The van der Waals surface area contributed by atoms with Crippen LogP contribution in [-0.2, 0) is 0 Å². The molecule has 3 aromatic rings. The van der Waals surface area contributed by atoms with Gasteiger partial charge in [-0.05, 0) is 81.1 Å². The van der Waals surface area contributed by atoms with Crippen molar-refractivity contribution >= 4 is 22.4 Å². The Morgan fingerprint density at radius 2 is 1.69 bits per heavy atom. The van der Waals surface area contributed by atoms with Crippen LogP contribution < -0.4 is 10.7 Å². The maximum atomic E-state index is 10.00. The van der Waals surface area contributed by atoms with Crippen molar-refractivity contribution in [3.05, 3.63) is 96.1 Å². The lowest BCUT2D eigenvalue weighted by molar-refractivity contribution is 0.123. The molecule has 2 aromatic carbocycles. The Bertz CT molecular complexity index is 1530. The van der Waals surface area contributed by atoms with Gasteiger partial charge in [-0.2, -0.15) is 0 Å². The number of aryl methyl sites for hydroxylation is 1. The highest BCUT2D eigenvalue weighted by Gasteiger charge is 2.20. The Morgan fingerprint density at radius 3 is 2.47 bits per heavy atom. The molecule has 0 saturated heterocycles. The minimum atomic E-state index is -0.208. The van der Waals surface area contributed by atoms with Crippen molar-refractivity contribution in [1.82, 2.24) is 14.5 Å². The smallest absolute Gasteiger partial charge is 0.0900 e. The first-order valence-corrected chi connectivity index (χ1v) is 12.6. The number of nitrogens with zero attached hydrogens (tertiary/aromatic N) is 4. The Kier molecular flexibility index (Phi) is 5.95. The summed E-state index contributed by atoms with van der Waals surface area (Å²) in [4.78, 5) is 14.7. The van der Waals surface area contributed by atoms with Crippen molar-refractivity contribution in [3.63, 3.8) is 0 Å². The summed E-state index contributed by atoms with van der Waals surface area (Å²) in [7, 11) is 0. The van der Waals surface area contributed by atoms with E-state index in [0.717, 1.165) is 76.2 Å². The molecule has 2 heterocycles. The molecule has 36 heavy (non-hydrogen) atoms. The van der Waals surface area contributed by atoms with E-state index in [1.54, 1.807) is 0 Å². The zero-order chi connectivity index (χ0) is 24.5. The van der Waals surface area contributed by atoms with Crippen LogP contribution in [0.25, 0.3) is 28.1 Å². The van der Waals surface area contributed by atoms with Gasteiger partial charge < -0.3 is 15.0 Å². The molecule has 0 bridgehead atoms. The maximum absolute atomic E-state index is 10.00. The number of nitrogens with one attached hydrogen (secondary N) is 1. The average molecular weight is 476 g/mol. The number of rotatable bonds is 4. The van der Waals surface area contributed by atoms with E-state index in [4.69, 9.17) is 9.98 Å². The largest absolute Gasteiger partial charge is 0.393 e. The van der Waals surface area contributed by atoms with Gasteiger partial charge in [-0.3, -0.25) is 9.98 Å². The van der Waals surface area contributed by atoms with Crippen molar-refractivity contribution in [2.75, 3.05) is 5.32 Å². The lowest BCUT2D eigenvalue weighted by Gasteiger charge is -2.23. The first-order chi connectivity index (χ1) is 17.6. The van der Waals surface area contributed by atoms with Gasteiger partial charge in [0.05, 0.1) is 57.5 Å². The molecule has 2 N–H and O–H groups in total. The average Bonchev–Trinajstić information content (AvgIpc) is 2.91. The number of aromatic nitrogens is 3. The van der Waals surface area contributed by atoms with Gasteiger partial charge in [-0.25, -0.2) is 4.98 Å². The van der Waals surface area contributed by atoms with Crippen LogP contribution in [0.4, 0.5) is 11.4 Å². The van der Waals surface area contributed by atoms with Gasteiger partial charge in [-0.15, -0.1) is 0 Å². The molecule has 1 fully saturated rings. The number of pyridine rings is 1.